The molecule has 0 saturated carbocycles. The smallest absolute Gasteiger partial charge is 0.115 e. The van der Waals surface area contributed by atoms with Crippen molar-refractivity contribution in [2.45, 2.75) is 6.92 Å². The average molecular weight is 213 g/mol. The van der Waals surface area contributed by atoms with Gasteiger partial charge in [0.1, 0.15) is 5.75 Å². The Kier molecular flexibility index (Phi) is 2.82. The van der Waals surface area contributed by atoms with Crippen molar-refractivity contribution >= 4 is 5.69 Å². The van der Waals surface area contributed by atoms with Crippen molar-refractivity contribution in [2.24, 2.45) is 0 Å². The van der Waals surface area contributed by atoms with E-state index in [-0.39, 0.29) is 0 Å². The van der Waals surface area contributed by atoms with Crippen molar-refractivity contribution in [3.8, 4) is 16.9 Å². The zero-order chi connectivity index (χ0) is 11.5. The van der Waals surface area contributed by atoms with Crippen molar-refractivity contribution in [3.05, 3.63) is 48.0 Å². The molecule has 82 valence electrons. The number of hydrogen-bond acceptors (Lipinski definition) is 2. The van der Waals surface area contributed by atoms with Crippen LogP contribution in [0.1, 0.15) is 5.56 Å². The number of hydrogen-bond donors (Lipinski definition) is 2. The van der Waals surface area contributed by atoms with Crippen LogP contribution in [0, 0.1) is 6.92 Å². The zero-order valence-electron chi connectivity index (χ0n) is 9.49. The van der Waals surface area contributed by atoms with Gasteiger partial charge in [-0.3, -0.25) is 0 Å². The van der Waals surface area contributed by atoms with Crippen molar-refractivity contribution in [3.63, 3.8) is 0 Å². The molecule has 2 rings (SSSR count). The maximum Gasteiger partial charge on any atom is 0.115 e. The fourth-order valence-corrected chi connectivity index (χ4v) is 1.79. The molecule has 2 nitrogen and oxygen atoms in total. The Morgan fingerprint density at radius 3 is 2.25 bits per heavy atom. The SMILES string of the molecule is CNc1ccc(-c2ccc(O)cc2C)cc1. The van der Waals surface area contributed by atoms with Crippen LogP contribution in [0.3, 0.4) is 0 Å². The predicted molar refractivity (Wildman–Crippen MR) is 67.8 cm³/mol. The van der Waals surface area contributed by atoms with Gasteiger partial charge >= 0.3 is 0 Å². The van der Waals surface area contributed by atoms with E-state index in [2.05, 4.69) is 17.4 Å². The maximum atomic E-state index is 9.36. The Hall–Kier alpha value is -1.96. The second-order valence-electron chi connectivity index (χ2n) is 3.83. The molecule has 2 aromatic carbocycles. The molecule has 16 heavy (non-hydrogen) atoms. The van der Waals surface area contributed by atoms with Crippen LogP contribution < -0.4 is 5.32 Å². The highest BCUT2D eigenvalue weighted by Gasteiger charge is 2.02. The van der Waals surface area contributed by atoms with E-state index in [0.29, 0.717) is 5.75 Å². The molecule has 0 radical (unpaired) electrons. The van der Waals surface area contributed by atoms with E-state index in [4.69, 9.17) is 0 Å². The monoisotopic (exact) mass is 213 g/mol. The number of aromatic hydroxyl groups is 1. The third-order valence-corrected chi connectivity index (χ3v) is 2.69. The number of phenolic OH excluding ortho intramolecular Hbond substituents is 1. The molecule has 0 amide bonds. The number of phenols is 1. The Balaban J connectivity index is 2.42. The minimum atomic E-state index is 0.313. The molecule has 0 bridgehead atoms. The molecule has 0 aliphatic heterocycles. The summed E-state index contributed by atoms with van der Waals surface area (Å²) >= 11 is 0. The molecule has 0 fully saturated rings. The summed E-state index contributed by atoms with van der Waals surface area (Å²) in [5, 5.41) is 12.4. The van der Waals surface area contributed by atoms with Gasteiger partial charge in [0, 0.05) is 12.7 Å². The van der Waals surface area contributed by atoms with Gasteiger partial charge in [-0.25, -0.2) is 0 Å². The topological polar surface area (TPSA) is 32.3 Å². The van der Waals surface area contributed by atoms with Gasteiger partial charge in [0.05, 0.1) is 0 Å². The summed E-state index contributed by atoms with van der Waals surface area (Å²) in [5.74, 6) is 0.313. The minimum absolute atomic E-state index is 0.313. The van der Waals surface area contributed by atoms with Gasteiger partial charge in [0.15, 0.2) is 0 Å². The van der Waals surface area contributed by atoms with Crippen molar-refractivity contribution < 1.29 is 5.11 Å². The molecule has 2 aromatic rings. The lowest BCUT2D eigenvalue weighted by Crippen LogP contribution is -1.88. The van der Waals surface area contributed by atoms with E-state index in [9.17, 15) is 5.11 Å². The normalized spacial score (nSPS) is 10.1. The highest BCUT2D eigenvalue weighted by atomic mass is 16.3. The van der Waals surface area contributed by atoms with Gasteiger partial charge in [-0.05, 0) is 47.9 Å². The van der Waals surface area contributed by atoms with Gasteiger partial charge in [-0.2, -0.15) is 0 Å². The molecule has 0 aromatic heterocycles. The fraction of sp³-hybridized carbons (Fsp3) is 0.143. The summed E-state index contributed by atoms with van der Waals surface area (Å²) in [5.41, 5.74) is 4.49. The first-order valence-electron chi connectivity index (χ1n) is 5.28. The van der Waals surface area contributed by atoms with Crippen LogP contribution >= 0.6 is 0 Å². The van der Waals surface area contributed by atoms with E-state index in [1.165, 1.54) is 0 Å². The number of benzene rings is 2. The predicted octanol–water partition coefficient (Wildman–Crippen LogP) is 3.41. The second kappa shape index (κ2) is 4.27. The van der Waals surface area contributed by atoms with E-state index < -0.39 is 0 Å². The molecular weight excluding hydrogens is 198 g/mol. The van der Waals surface area contributed by atoms with E-state index >= 15 is 0 Å². The van der Waals surface area contributed by atoms with Crippen LogP contribution in [0.15, 0.2) is 42.5 Å². The quantitative estimate of drug-likeness (QED) is 0.801. The number of aryl methyl sites for hydroxylation is 1. The number of rotatable bonds is 2. The first kappa shape index (κ1) is 10.6. The second-order valence-corrected chi connectivity index (χ2v) is 3.83. The first-order valence-corrected chi connectivity index (χ1v) is 5.28. The molecule has 2 N–H and O–H groups in total. The number of nitrogens with one attached hydrogen (secondary N) is 1. The molecular formula is C14H15NO. The summed E-state index contributed by atoms with van der Waals surface area (Å²) in [6, 6.07) is 13.7. The lowest BCUT2D eigenvalue weighted by Gasteiger charge is -2.07. The van der Waals surface area contributed by atoms with Gasteiger partial charge < -0.3 is 10.4 Å². The minimum Gasteiger partial charge on any atom is -0.508 e. The zero-order valence-corrected chi connectivity index (χ0v) is 9.49. The highest BCUT2D eigenvalue weighted by Crippen LogP contribution is 2.27. The Morgan fingerprint density at radius 1 is 1.00 bits per heavy atom. The molecule has 0 heterocycles. The Bertz CT molecular complexity index is 489. The fourth-order valence-electron chi connectivity index (χ4n) is 1.79. The summed E-state index contributed by atoms with van der Waals surface area (Å²) in [6.07, 6.45) is 0. The van der Waals surface area contributed by atoms with Crippen LogP contribution in [-0.4, -0.2) is 12.2 Å². The van der Waals surface area contributed by atoms with E-state index in [0.717, 1.165) is 22.4 Å². The van der Waals surface area contributed by atoms with Crippen LogP contribution in [0.4, 0.5) is 5.69 Å². The van der Waals surface area contributed by atoms with Crippen LogP contribution in [0.25, 0.3) is 11.1 Å². The summed E-state index contributed by atoms with van der Waals surface area (Å²) in [6.45, 7) is 2.00. The summed E-state index contributed by atoms with van der Waals surface area (Å²) < 4.78 is 0. The average Bonchev–Trinajstić information content (AvgIpc) is 2.29. The van der Waals surface area contributed by atoms with Gasteiger partial charge in [0.2, 0.25) is 0 Å². The molecule has 2 heteroatoms. The van der Waals surface area contributed by atoms with Gasteiger partial charge in [-0.15, -0.1) is 0 Å². The summed E-state index contributed by atoms with van der Waals surface area (Å²) in [4.78, 5) is 0. The standard InChI is InChI=1S/C14H15NO/c1-10-9-13(16)7-8-14(10)11-3-5-12(15-2)6-4-11/h3-9,15-16H,1-2H3. The lowest BCUT2D eigenvalue weighted by molar-refractivity contribution is 0.475. The maximum absolute atomic E-state index is 9.36. The third-order valence-electron chi connectivity index (χ3n) is 2.69. The Labute approximate surface area is 95.6 Å². The Morgan fingerprint density at radius 2 is 1.69 bits per heavy atom. The van der Waals surface area contributed by atoms with Gasteiger partial charge in [-0.1, -0.05) is 18.2 Å². The van der Waals surface area contributed by atoms with E-state index in [1.54, 1.807) is 12.1 Å². The third kappa shape index (κ3) is 2.01. The molecule has 0 atom stereocenters. The molecule has 0 unspecified atom stereocenters. The number of anilines is 1. The van der Waals surface area contributed by atoms with Crippen LogP contribution in [-0.2, 0) is 0 Å². The van der Waals surface area contributed by atoms with Crippen molar-refractivity contribution in [1.82, 2.24) is 0 Å². The van der Waals surface area contributed by atoms with Crippen molar-refractivity contribution in [2.75, 3.05) is 12.4 Å². The molecule has 0 spiro atoms. The van der Waals surface area contributed by atoms with Crippen LogP contribution in [0.2, 0.25) is 0 Å². The van der Waals surface area contributed by atoms with Crippen molar-refractivity contribution in [1.29, 1.82) is 0 Å². The summed E-state index contributed by atoms with van der Waals surface area (Å²) in [7, 11) is 1.90. The largest absolute Gasteiger partial charge is 0.508 e. The molecule has 0 aliphatic carbocycles. The molecule has 0 saturated heterocycles. The first-order chi connectivity index (χ1) is 7.70. The van der Waals surface area contributed by atoms with Crippen LogP contribution in [0.5, 0.6) is 5.75 Å². The van der Waals surface area contributed by atoms with E-state index in [1.807, 2.05) is 32.2 Å². The van der Waals surface area contributed by atoms with Gasteiger partial charge in [0.25, 0.3) is 0 Å². The highest BCUT2D eigenvalue weighted by molar-refractivity contribution is 5.69. The lowest BCUT2D eigenvalue weighted by atomic mass is 10.0. The molecule has 0 aliphatic rings.